The zero-order valence-electron chi connectivity index (χ0n) is 11.2. The van der Waals surface area contributed by atoms with E-state index in [1.165, 1.54) is 0 Å². The second-order valence-corrected chi connectivity index (χ2v) is 4.59. The summed E-state index contributed by atoms with van der Waals surface area (Å²) in [5, 5.41) is 8.55. The van der Waals surface area contributed by atoms with Crippen molar-refractivity contribution < 1.29 is 4.74 Å². The maximum atomic E-state index is 8.55. The highest BCUT2D eigenvalue weighted by Crippen LogP contribution is 2.21. The van der Waals surface area contributed by atoms with E-state index in [1.54, 1.807) is 6.20 Å². The van der Waals surface area contributed by atoms with Crippen molar-refractivity contribution in [3.8, 4) is 23.1 Å². The van der Waals surface area contributed by atoms with Gasteiger partial charge in [-0.25, -0.2) is 4.98 Å². The van der Waals surface area contributed by atoms with Crippen LogP contribution in [0.1, 0.15) is 26.1 Å². The molecule has 0 aliphatic carbocycles. The number of aryl methyl sites for hydroxylation is 1. The molecule has 1 aromatic carbocycles. The van der Waals surface area contributed by atoms with Gasteiger partial charge in [-0.2, -0.15) is 5.26 Å². The second kappa shape index (κ2) is 6.05. The maximum absolute atomic E-state index is 8.55. The van der Waals surface area contributed by atoms with Crippen LogP contribution >= 0.6 is 0 Å². The zero-order chi connectivity index (χ0) is 13.7. The molecule has 2 aromatic rings. The Bertz CT molecular complexity index is 564. The third kappa shape index (κ3) is 3.59. The van der Waals surface area contributed by atoms with Gasteiger partial charge in [-0.15, -0.1) is 0 Å². The fraction of sp³-hybridized carbons (Fsp3) is 0.333. The average molecular weight is 255 g/mol. The minimum Gasteiger partial charge on any atom is -0.491 e. The van der Waals surface area contributed by atoms with Gasteiger partial charge in [0.2, 0.25) is 0 Å². The normalized spacial score (nSPS) is 10.4. The summed E-state index contributed by atoms with van der Waals surface area (Å²) >= 11 is 0. The van der Waals surface area contributed by atoms with E-state index in [-0.39, 0.29) is 6.10 Å². The van der Waals surface area contributed by atoms with Crippen LogP contribution in [0.4, 0.5) is 0 Å². The number of hydrogen-bond acceptors (Lipinski definition) is 3. The Labute approximate surface area is 113 Å². The summed E-state index contributed by atoms with van der Waals surface area (Å²) in [7, 11) is 0. The number of imidazole rings is 1. The zero-order valence-corrected chi connectivity index (χ0v) is 11.2. The largest absolute Gasteiger partial charge is 0.491 e. The van der Waals surface area contributed by atoms with Crippen molar-refractivity contribution >= 4 is 0 Å². The van der Waals surface area contributed by atoms with Gasteiger partial charge in [0.25, 0.3) is 0 Å². The van der Waals surface area contributed by atoms with Crippen LogP contribution in [0.15, 0.2) is 30.5 Å². The average Bonchev–Trinajstić information content (AvgIpc) is 2.85. The maximum Gasteiger partial charge on any atom is 0.119 e. The van der Waals surface area contributed by atoms with Crippen molar-refractivity contribution in [1.82, 2.24) is 9.97 Å². The van der Waals surface area contributed by atoms with E-state index in [0.717, 1.165) is 22.8 Å². The number of nitrogens with zero attached hydrogens (tertiary/aromatic N) is 2. The van der Waals surface area contributed by atoms with E-state index >= 15 is 0 Å². The molecule has 0 radical (unpaired) electrons. The number of H-pyrrole nitrogens is 1. The molecule has 1 aromatic heterocycles. The molecule has 98 valence electrons. The van der Waals surface area contributed by atoms with Crippen LogP contribution in [0.5, 0.6) is 5.75 Å². The van der Waals surface area contributed by atoms with E-state index < -0.39 is 0 Å². The van der Waals surface area contributed by atoms with Crippen LogP contribution in [-0.4, -0.2) is 16.1 Å². The molecule has 0 aliphatic heterocycles. The van der Waals surface area contributed by atoms with Crippen LogP contribution in [0.3, 0.4) is 0 Å². The van der Waals surface area contributed by atoms with E-state index in [1.807, 2.05) is 38.1 Å². The summed E-state index contributed by atoms with van der Waals surface area (Å²) in [4.78, 5) is 7.48. The molecule has 0 fully saturated rings. The molecule has 0 bridgehead atoms. The molecule has 0 atom stereocenters. The summed E-state index contributed by atoms with van der Waals surface area (Å²) in [5.41, 5.74) is 2.02. The smallest absolute Gasteiger partial charge is 0.119 e. The quantitative estimate of drug-likeness (QED) is 0.891. The number of ether oxygens (including phenoxy) is 1. The van der Waals surface area contributed by atoms with Gasteiger partial charge in [0.15, 0.2) is 0 Å². The molecule has 0 saturated heterocycles. The molecule has 0 aliphatic rings. The van der Waals surface area contributed by atoms with Gasteiger partial charge in [0.05, 0.1) is 24.1 Å². The second-order valence-electron chi connectivity index (χ2n) is 4.59. The highest BCUT2D eigenvalue weighted by Gasteiger charge is 2.04. The number of nitrogens with one attached hydrogen (secondary N) is 1. The minimum atomic E-state index is 0.176. The van der Waals surface area contributed by atoms with Gasteiger partial charge < -0.3 is 9.72 Å². The molecular formula is C15H17N3O. The predicted molar refractivity (Wildman–Crippen MR) is 73.7 cm³/mol. The lowest BCUT2D eigenvalue weighted by Crippen LogP contribution is -2.05. The molecule has 0 spiro atoms. The fourth-order valence-corrected chi connectivity index (χ4v) is 1.80. The molecule has 1 heterocycles. The monoisotopic (exact) mass is 255 g/mol. The van der Waals surface area contributed by atoms with Crippen LogP contribution in [0.25, 0.3) is 11.3 Å². The molecule has 0 saturated carbocycles. The Morgan fingerprint density at radius 3 is 2.68 bits per heavy atom. The van der Waals surface area contributed by atoms with Crippen molar-refractivity contribution in [2.45, 2.75) is 32.8 Å². The number of hydrogen-bond donors (Lipinski definition) is 1. The number of aromatic amines is 1. The van der Waals surface area contributed by atoms with Crippen LogP contribution in [-0.2, 0) is 6.42 Å². The highest BCUT2D eigenvalue weighted by molar-refractivity contribution is 5.59. The Morgan fingerprint density at radius 2 is 2.05 bits per heavy atom. The number of rotatable bonds is 5. The molecular weight excluding hydrogens is 238 g/mol. The van der Waals surface area contributed by atoms with Crippen molar-refractivity contribution in [1.29, 1.82) is 5.26 Å². The summed E-state index contributed by atoms with van der Waals surface area (Å²) < 4.78 is 5.60. The summed E-state index contributed by atoms with van der Waals surface area (Å²) in [6.07, 6.45) is 3.11. The van der Waals surface area contributed by atoms with Crippen molar-refractivity contribution in [2.24, 2.45) is 0 Å². The van der Waals surface area contributed by atoms with Gasteiger partial charge >= 0.3 is 0 Å². The van der Waals surface area contributed by atoms with Gasteiger partial charge in [-0.3, -0.25) is 0 Å². The first-order valence-corrected chi connectivity index (χ1v) is 6.37. The van der Waals surface area contributed by atoms with Gasteiger partial charge in [0.1, 0.15) is 11.6 Å². The van der Waals surface area contributed by atoms with Crippen molar-refractivity contribution in [3.05, 3.63) is 36.3 Å². The van der Waals surface area contributed by atoms with Crippen LogP contribution < -0.4 is 4.74 Å². The molecule has 0 unspecified atom stereocenters. The van der Waals surface area contributed by atoms with Gasteiger partial charge in [-0.05, 0) is 43.7 Å². The van der Waals surface area contributed by atoms with Gasteiger partial charge in [0, 0.05) is 12.8 Å². The first-order valence-electron chi connectivity index (χ1n) is 6.37. The molecule has 1 N–H and O–H groups in total. The van der Waals surface area contributed by atoms with E-state index in [0.29, 0.717) is 12.8 Å². The molecule has 4 nitrogen and oxygen atoms in total. The molecule has 19 heavy (non-hydrogen) atoms. The molecule has 2 rings (SSSR count). The van der Waals surface area contributed by atoms with E-state index in [9.17, 15) is 0 Å². The van der Waals surface area contributed by atoms with Gasteiger partial charge in [-0.1, -0.05) is 0 Å². The number of benzene rings is 1. The first-order chi connectivity index (χ1) is 9.19. The lowest BCUT2D eigenvalue weighted by atomic mass is 10.1. The standard InChI is InChI=1S/C15H17N3O/c1-11(2)19-13-7-5-12(6-8-13)14-10-17-15(18-14)4-3-9-16/h5-8,10-11H,3-4H2,1-2H3,(H,17,18). The first kappa shape index (κ1) is 13.2. The third-order valence-corrected chi connectivity index (χ3v) is 2.64. The Hall–Kier alpha value is -2.28. The molecule has 0 amide bonds. The fourth-order valence-electron chi connectivity index (χ4n) is 1.80. The SMILES string of the molecule is CC(C)Oc1ccc(-c2cnc(CCC#N)[nH]2)cc1. The topological polar surface area (TPSA) is 61.7 Å². The Morgan fingerprint density at radius 1 is 1.32 bits per heavy atom. The Kier molecular flexibility index (Phi) is 4.19. The predicted octanol–water partition coefficient (Wildman–Crippen LogP) is 3.32. The summed E-state index contributed by atoms with van der Waals surface area (Å²) in [5.74, 6) is 1.71. The number of nitriles is 1. The van der Waals surface area contributed by atoms with Crippen molar-refractivity contribution in [2.75, 3.05) is 0 Å². The number of aromatic nitrogens is 2. The molecule has 4 heteroatoms. The third-order valence-electron chi connectivity index (χ3n) is 2.64. The highest BCUT2D eigenvalue weighted by atomic mass is 16.5. The van der Waals surface area contributed by atoms with Crippen LogP contribution in [0, 0.1) is 11.3 Å². The lowest BCUT2D eigenvalue weighted by Gasteiger charge is -2.09. The summed E-state index contributed by atoms with van der Waals surface area (Å²) in [6.45, 7) is 4.01. The van der Waals surface area contributed by atoms with E-state index in [4.69, 9.17) is 10.00 Å². The van der Waals surface area contributed by atoms with Crippen molar-refractivity contribution in [3.63, 3.8) is 0 Å². The summed E-state index contributed by atoms with van der Waals surface area (Å²) in [6, 6.07) is 10.0. The lowest BCUT2D eigenvalue weighted by molar-refractivity contribution is 0.242. The van der Waals surface area contributed by atoms with E-state index in [2.05, 4.69) is 16.0 Å². The minimum absolute atomic E-state index is 0.176. The van der Waals surface area contributed by atoms with Crippen LogP contribution in [0.2, 0.25) is 0 Å². The Balaban J connectivity index is 2.09.